The second-order valence-electron chi connectivity index (χ2n) is 7.77. The largest absolute Gasteiger partial charge is 0.354 e. The van der Waals surface area contributed by atoms with Crippen LogP contribution in [-0.2, 0) is 24.2 Å². The predicted octanol–water partition coefficient (Wildman–Crippen LogP) is 1.86. The number of imidazole rings is 1. The predicted molar refractivity (Wildman–Crippen MR) is 121 cm³/mol. The number of nitrogens with two attached hydrogens (primary N) is 1. The maximum absolute atomic E-state index is 12.4. The molecule has 0 unspecified atom stereocenters. The minimum absolute atomic E-state index is 0.0420. The van der Waals surface area contributed by atoms with Gasteiger partial charge in [-0.25, -0.2) is 4.98 Å². The minimum atomic E-state index is -0.665. The number of rotatable bonds is 9. The maximum Gasteiger partial charge on any atom is 0.253 e. The summed E-state index contributed by atoms with van der Waals surface area (Å²) < 4.78 is 1.98. The molecule has 0 spiro atoms. The lowest BCUT2D eigenvalue weighted by molar-refractivity contribution is -0.122. The first-order valence-electron chi connectivity index (χ1n) is 10.3. The van der Waals surface area contributed by atoms with E-state index in [9.17, 15) is 9.59 Å². The molecule has 2 amide bonds. The molecule has 0 radical (unpaired) electrons. The zero-order valence-electron chi connectivity index (χ0n) is 18.0. The SMILES string of the molecule is CN(C)C(=O)c1cccc(CCNC(=O)[C@@H](N)Cc2cn(Cc3ccccc3)cn2)c1. The highest BCUT2D eigenvalue weighted by atomic mass is 16.2. The van der Waals surface area contributed by atoms with Crippen molar-refractivity contribution in [2.75, 3.05) is 20.6 Å². The van der Waals surface area contributed by atoms with Crippen molar-refractivity contribution in [3.63, 3.8) is 0 Å². The first-order chi connectivity index (χ1) is 14.9. The Bertz CT molecular complexity index is 1010. The minimum Gasteiger partial charge on any atom is -0.354 e. The number of nitrogens with zero attached hydrogens (tertiary/aromatic N) is 3. The van der Waals surface area contributed by atoms with Gasteiger partial charge in [-0.1, -0.05) is 42.5 Å². The van der Waals surface area contributed by atoms with Gasteiger partial charge in [0.15, 0.2) is 0 Å². The van der Waals surface area contributed by atoms with E-state index in [1.54, 1.807) is 31.4 Å². The van der Waals surface area contributed by atoms with Crippen LogP contribution in [0, 0.1) is 0 Å². The molecule has 0 saturated carbocycles. The Morgan fingerprint density at radius 1 is 1.10 bits per heavy atom. The van der Waals surface area contributed by atoms with Crippen LogP contribution in [0.15, 0.2) is 67.1 Å². The smallest absolute Gasteiger partial charge is 0.253 e. The molecule has 0 bridgehead atoms. The van der Waals surface area contributed by atoms with E-state index >= 15 is 0 Å². The summed E-state index contributed by atoms with van der Waals surface area (Å²) in [6, 6.07) is 16.9. The topological polar surface area (TPSA) is 93.3 Å². The van der Waals surface area contributed by atoms with E-state index in [1.807, 2.05) is 47.2 Å². The number of amides is 2. The van der Waals surface area contributed by atoms with Crippen LogP contribution in [0.2, 0.25) is 0 Å². The van der Waals surface area contributed by atoms with E-state index in [4.69, 9.17) is 5.73 Å². The molecule has 162 valence electrons. The Morgan fingerprint density at radius 3 is 2.58 bits per heavy atom. The molecule has 7 heteroatoms. The number of carbonyl (C=O) groups excluding carboxylic acids is 2. The normalized spacial score (nSPS) is 11.7. The lowest BCUT2D eigenvalue weighted by Crippen LogP contribution is -2.42. The third-order valence-corrected chi connectivity index (χ3v) is 4.95. The van der Waals surface area contributed by atoms with Gasteiger partial charge in [-0.05, 0) is 29.7 Å². The zero-order chi connectivity index (χ0) is 22.2. The summed E-state index contributed by atoms with van der Waals surface area (Å²) in [6.45, 7) is 1.18. The molecule has 3 N–H and O–H groups in total. The second kappa shape index (κ2) is 10.5. The summed E-state index contributed by atoms with van der Waals surface area (Å²) in [4.78, 5) is 30.4. The van der Waals surface area contributed by atoms with Gasteiger partial charge in [0.2, 0.25) is 5.91 Å². The van der Waals surface area contributed by atoms with Crippen LogP contribution in [0.5, 0.6) is 0 Å². The summed E-state index contributed by atoms with van der Waals surface area (Å²) in [5.74, 6) is -0.252. The van der Waals surface area contributed by atoms with E-state index in [-0.39, 0.29) is 11.8 Å². The van der Waals surface area contributed by atoms with Gasteiger partial charge in [-0.3, -0.25) is 9.59 Å². The van der Waals surface area contributed by atoms with Crippen LogP contribution in [0.25, 0.3) is 0 Å². The number of aromatic nitrogens is 2. The van der Waals surface area contributed by atoms with E-state index in [0.29, 0.717) is 24.9 Å². The fraction of sp³-hybridized carbons (Fsp3) is 0.292. The average Bonchev–Trinajstić information content (AvgIpc) is 3.20. The molecule has 1 atom stereocenters. The van der Waals surface area contributed by atoms with Crippen LogP contribution in [0.3, 0.4) is 0 Å². The Balaban J connectivity index is 1.46. The lowest BCUT2D eigenvalue weighted by Gasteiger charge is -2.13. The Kier molecular flexibility index (Phi) is 7.56. The molecule has 3 rings (SSSR count). The summed E-state index contributed by atoms with van der Waals surface area (Å²) in [6.07, 6.45) is 4.68. The second-order valence-corrected chi connectivity index (χ2v) is 7.77. The summed E-state index contributed by atoms with van der Waals surface area (Å²) in [5, 5.41) is 2.88. The molecule has 0 fully saturated rings. The third-order valence-electron chi connectivity index (χ3n) is 4.95. The van der Waals surface area contributed by atoms with Crippen LogP contribution >= 0.6 is 0 Å². The number of hydrogen-bond acceptors (Lipinski definition) is 4. The quantitative estimate of drug-likeness (QED) is 0.554. The van der Waals surface area contributed by atoms with Crippen LogP contribution in [0.4, 0.5) is 0 Å². The molecule has 31 heavy (non-hydrogen) atoms. The van der Waals surface area contributed by atoms with E-state index in [2.05, 4.69) is 22.4 Å². The van der Waals surface area contributed by atoms with Crippen molar-refractivity contribution in [1.82, 2.24) is 19.8 Å². The first-order valence-corrected chi connectivity index (χ1v) is 10.3. The van der Waals surface area contributed by atoms with Crippen LogP contribution < -0.4 is 11.1 Å². The van der Waals surface area contributed by atoms with Crippen LogP contribution in [0.1, 0.15) is 27.2 Å². The number of nitrogens with one attached hydrogen (secondary N) is 1. The lowest BCUT2D eigenvalue weighted by atomic mass is 10.1. The van der Waals surface area contributed by atoms with Gasteiger partial charge < -0.3 is 20.5 Å². The van der Waals surface area contributed by atoms with Gasteiger partial charge in [-0.15, -0.1) is 0 Å². The number of carbonyl (C=O) groups is 2. The highest BCUT2D eigenvalue weighted by Gasteiger charge is 2.15. The van der Waals surface area contributed by atoms with Gasteiger partial charge in [0.25, 0.3) is 5.91 Å². The number of benzene rings is 2. The molecular weight excluding hydrogens is 390 g/mol. The van der Waals surface area contributed by atoms with Crippen molar-refractivity contribution < 1.29 is 9.59 Å². The van der Waals surface area contributed by atoms with Crippen molar-refractivity contribution in [2.24, 2.45) is 5.73 Å². The molecule has 1 aromatic heterocycles. The Morgan fingerprint density at radius 2 is 1.84 bits per heavy atom. The van der Waals surface area contributed by atoms with Crippen LogP contribution in [-0.4, -0.2) is 52.9 Å². The standard InChI is InChI=1S/C24H29N5O2/c1-28(2)24(31)20-10-6-9-18(13-20)11-12-26-23(30)22(25)14-21-16-29(17-27-21)15-19-7-4-3-5-8-19/h3-10,13,16-17,22H,11-12,14-15,25H2,1-2H3,(H,26,30)/t22-/m0/s1. The molecular formula is C24H29N5O2. The molecule has 1 heterocycles. The van der Waals surface area contributed by atoms with Gasteiger partial charge in [0.05, 0.1) is 18.1 Å². The van der Waals surface area contributed by atoms with E-state index < -0.39 is 6.04 Å². The first kappa shape index (κ1) is 22.2. The highest BCUT2D eigenvalue weighted by molar-refractivity contribution is 5.94. The van der Waals surface area contributed by atoms with Crippen molar-refractivity contribution in [3.05, 3.63) is 89.5 Å². The van der Waals surface area contributed by atoms with Gasteiger partial charge in [-0.2, -0.15) is 0 Å². The van der Waals surface area contributed by atoms with E-state index in [0.717, 1.165) is 17.8 Å². The summed E-state index contributed by atoms with van der Waals surface area (Å²) in [5.41, 5.74) is 9.67. The van der Waals surface area contributed by atoms with E-state index in [1.165, 1.54) is 5.56 Å². The Hall–Kier alpha value is -3.45. The zero-order valence-corrected chi connectivity index (χ0v) is 18.0. The molecule has 0 saturated heterocycles. The molecule has 3 aromatic rings. The summed E-state index contributed by atoms with van der Waals surface area (Å²) >= 11 is 0. The average molecular weight is 420 g/mol. The van der Waals surface area contributed by atoms with Crippen molar-refractivity contribution >= 4 is 11.8 Å². The molecule has 7 nitrogen and oxygen atoms in total. The molecule has 2 aromatic carbocycles. The third kappa shape index (κ3) is 6.52. The van der Waals surface area contributed by atoms with Gasteiger partial charge in [0.1, 0.15) is 0 Å². The molecule has 0 aliphatic carbocycles. The number of hydrogen-bond donors (Lipinski definition) is 2. The Labute approximate surface area is 182 Å². The van der Waals surface area contributed by atoms with Crippen molar-refractivity contribution in [3.8, 4) is 0 Å². The highest BCUT2D eigenvalue weighted by Crippen LogP contribution is 2.08. The monoisotopic (exact) mass is 419 g/mol. The molecule has 0 aliphatic heterocycles. The van der Waals surface area contributed by atoms with Gasteiger partial charge in [0, 0.05) is 45.4 Å². The fourth-order valence-electron chi connectivity index (χ4n) is 3.29. The maximum atomic E-state index is 12.4. The van der Waals surface area contributed by atoms with Crippen molar-refractivity contribution in [2.45, 2.75) is 25.4 Å². The van der Waals surface area contributed by atoms with Gasteiger partial charge >= 0.3 is 0 Å². The molecule has 0 aliphatic rings. The van der Waals surface area contributed by atoms with Crippen molar-refractivity contribution in [1.29, 1.82) is 0 Å². The summed E-state index contributed by atoms with van der Waals surface area (Å²) in [7, 11) is 3.45. The fourth-order valence-corrected chi connectivity index (χ4v) is 3.29.